The molecule has 9 heteroatoms. The topological polar surface area (TPSA) is 75.7 Å². The summed E-state index contributed by atoms with van der Waals surface area (Å²) >= 11 is 12.0. The van der Waals surface area contributed by atoms with Crippen LogP contribution in [0.2, 0.25) is 10.0 Å². The number of carbonyl (C=O) groups excluding carboxylic acids is 1. The Morgan fingerprint density at radius 1 is 1.18 bits per heavy atom. The Balaban J connectivity index is 1.59. The van der Waals surface area contributed by atoms with E-state index in [1.54, 1.807) is 18.2 Å². The van der Waals surface area contributed by atoms with Crippen molar-refractivity contribution in [3.05, 3.63) is 64.1 Å². The zero-order valence-electron chi connectivity index (χ0n) is 15.0. The van der Waals surface area contributed by atoms with E-state index in [1.807, 2.05) is 18.2 Å². The summed E-state index contributed by atoms with van der Waals surface area (Å²) in [6.07, 6.45) is -0.258. The van der Waals surface area contributed by atoms with Crippen LogP contribution in [-0.2, 0) is 26.0 Å². The molecule has 0 saturated carbocycles. The first kappa shape index (κ1) is 21.1. The monoisotopic (exact) mass is 442 g/mol. The average molecular weight is 443 g/mol. The van der Waals surface area contributed by atoms with Crippen LogP contribution < -0.4 is 5.32 Å². The van der Waals surface area contributed by atoms with Gasteiger partial charge in [0.25, 0.3) is 5.91 Å². The van der Waals surface area contributed by atoms with Gasteiger partial charge in [-0.15, -0.1) is 0 Å². The molecule has 1 saturated heterocycles. The molecule has 0 unspecified atom stereocenters. The van der Waals surface area contributed by atoms with Gasteiger partial charge in [0.15, 0.2) is 0 Å². The number of carbonyl (C=O) groups is 1. The van der Waals surface area contributed by atoms with E-state index >= 15 is 0 Å². The van der Waals surface area contributed by atoms with E-state index in [0.717, 1.165) is 5.56 Å². The lowest BCUT2D eigenvalue weighted by atomic mass is 10.1. The predicted octanol–water partition coefficient (Wildman–Crippen LogP) is 2.74. The second-order valence-electron chi connectivity index (χ2n) is 6.32. The number of amides is 1. The highest BCUT2D eigenvalue weighted by molar-refractivity contribution is 7.89. The summed E-state index contributed by atoms with van der Waals surface area (Å²) in [4.78, 5) is 12.4. The van der Waals surface area contributed by atoms with Crippen molar-refractivity contribution in [3.63, 3.8) is 0 Å². The van der Waals surface area contributed by atoms with Crippen LogP contribution in [0, 0.1) is 0 Å². The van der Waals surface area contributed by atoms with Crippen molar-refractivity contribution in [2.75, 3.05) is 26.2 Å². The number of benzene rings is 2. The zero-order valence-corrected chi connectivity index (χ0v) is 17.3. The molecular weight excluding hydrogens is 423 g/mol. The Bertz CT molecular complexity index is 952. The molecule has 1 heterocycles. The highest BCUT2D eigenvalue weighted by Gasteiger charge is 2.34. The van der Waals surface area contributed by atoms with Crippen LogP contribution in [0.3, 0.4) is 0 Å². The van der Waals surface area contributed by atoms with Gasteiger partial charge in [-0.05, 0) is 36.2 Å². The van der Waals surface area contributed by atoms with Crippen LogP contribution in [0.5, 0.6) is 0 Å². The molecule has 0 radical (unpaired) electrons. The van der Waals surface area contributed by atoms with Gasteiger partial charge in [0.05, 0.1) is 11.6 Å². The first-order valence-electron chi connectivity index (χ1n) is 8.76. The van der Waals surface area contributed by atoms with E-state index in [1.165, 1.54) is 16.4 Å². The Morgan fingerprint density at radius 3 is 2.71 bits per heavy atom. The fourth-order valence-electron chi connectivity index (χ4n) is 2.93. The van der Waals surface area contributed by atoms with Gasteiger partial charge in [-0.25, -0.2) is 8.42 Å². The highest BCUT2D eigenvalue weighted by Crippen LogP contribution is 2.25. The molecule has 0 bridgehead atoms. The largest absolute Gasteiger partial charge is 0.366 e. The maximum absolute atomic E-state index is 12.8. The SMILES string of the molecule is O=C(NCCc1cccc(Cl)c1)[C@H]1CN(S(=O)(=O)c2ccccc2Cl)CCO1. The van der Waals surface area contributed by atoms with E-state index in [0.29, 0.717) is 18.0 Å². The lowest BCUT2D eigenvalue weighted by molar-refractivity contribution is -0.136. The standard InChI is InChI=1S/C19H20Cl2N2O4S/c20-15-5-3-4-14(12-15)8-9-22-19(24)17-13-23(10-11-27-17)28(25,26)18-7-2-1-6-16(18)21/h1-7,12,17H,8-11,13H2,(H,22,24)/t17-/m1/s1. The summed E-state index contributed by atoms with van der Waals surface area (Å²) in [5.41, 5.74) is 1.00. The van der Waals surface area contributed by atoms with Gasteiger partial charge in [-0.3, -0.25) is 4.79 Å². The summed E-state index contributed by atoms with van der Waals surface area (Å²) in [6.45, 7) is 0.642. The van der Waals surface area contributed by atoms with Gasteiger partial charge < -0.3 is 10.1 Å². The number of nitrogens with zero attached hydrogens (tertiary/aromatic N) is 1. The number of ether oxygens (including phenoxy) is 1. The van der Waals surface area contributed by atoms with Gasteiger partial charge in [0.2, 0.25) is 10.0 Å². The average Bonchev–Trinajstić information content (AvgIpc) is 2.68. The Labute approximate surface area is 174 Å². The van der Waals surface area contributed by atoms with E-state index in [2.05, 4.69) is 5.32 Å². The third-order valence-electron chi connectivity index (χ3n) is 4.38. The number of halogens is 2. The van der Waals surface area contributed by atoms with Crippen LogP contribution in [0.25, 0.3) is 0 Å². The van der Waals surface area contributed by atoms with Crippen LogP contribution in [-0.4, -0.2) is 51.0 Å². The minimum atomic E-state index is -3.80. The van der Waals surface area contributed by atoms with Crippen LogP contribution in [0.4, 0.5) is 0 Å². The van der Waals surface area contributed by atoms with Crippen molar-refractivity contribution in [3.8, 4) is 0 Å². The van der Waals surface area contributed by atoms with Crippen molar-refractivity contribution in [1.82, 2.24) is 9.62 Å². The third-order valence-corrected chi connectivity index (χ3v) is 6.98. The Morgan fingerprint density at radius 2 is 1.96 bits per heavy atom. The van der Waals surface area contributed by atoms with E-state index in [-0.39, 0.29) is 35.5 Å². The number of hydrogen-bond donors (Lipinski definition) is 1. The molecule has 3 rings (SSSR count). The van der Waals surface area contributed by atoms with Crippen molar-refractivity contribution < 1.29 is 17.9 Å². The van der Waals surface area contributed by atoms with Gasteiger partial charge in [0, 0.05) is 24.7 Å². The smallest absolute Gasteiger partial charge is 0.250 e. The second kappa shape index (κ2) is 9.24. The van der Waals surface area contributed by atoms with Gasteiger partial charge in [-0.2, -0.15) is 4.31 Å². The van der Waals surface area contributed by atoms with Gasteiger partial charge >= 0.3 is 0 Å². The first-order chi connectivity index (χ1) is 13.4. The minimum absolute atomic E-state index is 0.0266. The lowest BCUT2D eigenvalue weighted by Gasteiger charge is -2.31. The van der Waals surface area contributed by atoms with Gasteiger partial charge in [-0.1, -0.05) is 47.5 Å². The zero-order chi connectivity index (χ0) is 20.1. The van der Waals surface area contributed by atoms with Crippen molar-refractivity contribution in [2.45, 2.75) is 17.4 Å². The van der Waals surface area contributed by atoms with Gasteiger partial charge in [0.1, 0.15) is 11.0 Å². The summed E-state index contributed by atoms with van der Waals surface area (Å²) in [5, 5.41) is 3.58. The fraction of sp³-hybridized carbons (Fsp3) is 0.316. The molecule has 1 N–H and O–H groups in total. The number of morpholine rings is 1. The molecule has 1 amide bonds. The highest BCUT2D eigenvalue weighted by atomic mass is 35.5. The van der Waals surface area contributed by atoms with E-state index in [9.17, 15) is 13.2 Å². The summed E-state index contributed by atoms with van der Waals surface area (Å²) in [6, 6.07) is 13.6. The molecule has 1 aliphatic heterocycles. The molecule has 6 nitrogen and oxygen atoms in total. The molecule has 1 fully saturated rings. The number of sulfonamides is 1. The molecule has 1 aliphatic rings. The molecule has 0 aliphatic carbocycles. The lowest BCUT2D eigenvalue weighted by Crippen LogP contribution is -2.51. The Kier molecular flexibility index (Phi) is 6.95. The van der Waals surface area contributed by atoms with Crippen LogP contribution in [0.15, 0.2) is 53.4 Å². The number of hydrogen-bond acceptors (Lipinski definition) is 4. The molecule has 1 atom stereocenters. The normalized spacial score (nSPS) is 18.0. The molecule has 2 aromatic rings. The Hall–Kier alpha value is -1.64. The quantitative estimate of drug-likeness (QED) is 0.745. The van der Waals surface area contributed by atoms with Crippen LogP contribution in [0.1, 0.15) is 5.56 Å². The molecule has 28 heavy (non-hydrogen) atoms. The first-order valence-corrected chi connectivity index (χ1v) is 11.0. The summed E-state index contributed by atoms with van der Waals surface area (Å²) < 4.78 is 32.4. The van der Waals surface area contributed by atoms with Crippen molar-refractivity contribution in [1.29, 1.82) is 0 Å². The fourth-order valence-corrected chi connectivity index (χ4v) is 5.06. The van der Waals surface area contributed by atoms with Crippen molar-refractivity contribution in [2.24, 2.45) is 0 Å². The molecular formula is C19H20Cl2N2O4S. The number of nitrogens with one attached hydrogen (secondary N) is 1. The minimum Gasteiger partial charge on any atom is -0.366 e. The molecule has 0 spiro atoms. The van der Waals surface area contributed by atoms with Crippen LogP contribution >= 0.6 is 23.2 Å². The summed E-state index contributed by atoms with van der Waals surface area (Å²) in [7, 11) is -3.80. The maximum Gasteiger partial charge on any atom is 0.250 e. The van der Waals surface area contributed by atoms with E-state index < -0.39 is 16.1 Å². The van der Waals surface area contributed by atoms with E-state index in [4.69, 9.17) is 27.9 Å². The molecule has 150 valence electrons. The number of rotatable bonds is 6. The predicted molar refractivity (Wildman–Crippen MR) is 108 cm³/mol. The molecule has 0 aromatic heterocycles. The van der Waals surface area contributed by atoms with Crippen molar-refractivity contribution >= 4 is 39.1 Å². The maximum atomic E-state index is 12.8. The third kappa shape index (κ3) is 5.04. The second-order valence-corrected chi connectivity index (χ2v) is 9.07. The summed E-state index contributed by atoms with van der Waals surface area (Å²) in [5.74, 6) is -0.346. The molecule has 2 aromatic carbocycles.